The topological polar surface area (TPSA) is 106 Å². The van der Waals surface area contributed by atoms with Crippen LogP contribution >= 0.6 is 11.8 Å². The van der Waals surface area contributed by atoms with Gasteiger partial charge in [0, 0.05) is 37.9 Å². The van der Waals surface area contributed by atoms with Crippen LogP contribution in [0.15, 0.2) is 0 Å². The average molecular weight is 359 g/mol. The molecule has 6 nitrogen and oxygen atoms in total. The van der Waals surface area contributed by atoms with Crippen molar-refractivity contribution in [1.82, 2.24) is 5.32 Å². The Bertz CT molecular complexity index is 440. The van der Waals surface area contributed by atoms with Gasteiger partial charge in [0.1, 0.15) is 11.6 Å². The number of thioether (sulfide) groups is 1. The van der Waals surface area contributed by atoms with Gasteiger partial charge in [-0.1, -0.05) is 19.8 Å². The van der Waals surface area contributed by atoms with E-state index in [1.54, 1.807) is 18.7 Å². The molecule has 2 amide bonds. The zero-order valence-electron chi connectivity index (χ0n) is 14.9. The Hall–Kier alpha value is -1.21. The minimum Gasteiger partial charge on any atom is -0.321 e. The molecular weight excluding hydrogens is 328 g/mol. The van der Waals surface area contributed by atoms with E-state index in [4.69, 9.17) is 5.73 Å². The van der Waals surface area contributed by atoms with Crippen LogP contribution in [0.5, 0.6) is 0 Å². The van der Waals surface area contributed by atoms with Gasteiger partial charge in [-0.3, -0.25) is 24.5 Å². The third kappa shape index (κ3) is 10.5. The van der Waals surface area contributed by atoms with Gasteiger partial charge in [-0.25, -0.2) is 0 Å². The molecule has 2 atom stereocenters. The van der Waals surface area contributed by atoms with E-state index in [2.05, 4.69) is 5.32 Å². The number of hydrogen-bond donors (Lipinski definition) is 2. The van der Waals surface area contributed by atoms with Crippen LogP contribution in [0, 0.1) is 5.92 Å². The van der Waals surface area contributed by atoms with E-state index < -0.39 is 17.9 Å². The zero-order valence-corrected chi connectivity index (χ0v) is 15.7. The van der Waals surface area contributed by atoms with Gasteiger partial charge in [0.05, 0.1) is 6.04 Å². The number of unbranched alkanes of at least 4 members (excludes halogenated alkanes) is 2. The smallest absolute Gasteiger partial charge is 0.230 e. The van der Waals surface area contributed by atoms with Gasteiger partial charge < -0.3 is 5.73 Å². The first-order valence-electron chi connectivity index (χ1n) is 8.42. The number of Topliss-reactive ketones (excluding diaryl/α,β-unsaturated/α-hetero) is 2. The van der Waals surface area contributed by atoms with E-state index in [1.807, 2.05) is 6.26 Å². The van der Waals surface area contributed by atoms with Crippen molar-refractivity contribution in [2.45, 2.75) is 64.8 Å². The first-order valence-corrected chi connectivity index (χ1v) is 9.81. The summed E-state index contributed by atoms with van der Waals surface area (Å²) in [5, 5.41) is 2.26. The molecule has 0 aliphatic heterocycles. The van der Waals surface area contributed by atoms with Crippen LogP contribution in [0.1, 0.15) is 58.8 Å². The lowest BCUT2D eigenvalue weighted by molar-refractivity contribution is -0.134. The summed E-state index contributed by atoms with van der Waals surface area (Å²) in [4.78, 5) is 46.4. The highest BCUT2D eigenvalue weighted by atomic mass is 32.2. The van der Waals surface area contributed by atoms with Crippen molar-refractivity contribution in [3.05, 3.63) is 0 Å². The van der Waals surface area contributed by atoms with Crippen LogP contribution in [0.25, 0.3) is 0 Å². The Morgan fingerprint density at radius 1 is 1.12 bits per heavy atom. The number of hydrogen-bond acceptors (Lipinski definition) is 6. The Balaban J connectivity index is 4.22. The maximum Gasteiger partial charge on any atom is 0.230 e. The predicted octanol–water partition coefficient (Wildman–Crippen LogP) is 1.84. The zero-order chi connectivity index (χ0) is 18.5. The highest BCUT2D eigenvalue weighted by Crippen LogP contribution is 2.16. The maximum atomic E-state index is 12.0. The number of carbonyl (C=O) groups is 4. The van der Waals surface area contributed by atoms with Crippen molar-refractivity contribution in [1.29, 1.82) is 0 Å². The Labute approximate surface area is 148 Å². The van der Waals surface area contributed by atoms with Crippen molar-refractivity contribution in [3.63, 3.8) is 0 Å². The first-order chi connectivity index (χ1) is 11.3. The minimum absolute atomic E-state index is 0.0110. The molecule has 24 heavy (non-hydrogen) atoms. The quantitative estimate of drug-likeness (QED) is 0.487. The second kappa shape index (κ2) is 13.1. The van der Waals surface area contributed by atoms with E-state index in [0.29, 0.717) is 25.0 Å². The lowest BCUT2D eigenvalue weighted by atomic mass is 9.93. The molecule has 0 saturated carbocycles. The van der Waals surface area contributed by atoms with Crippen molar-refractivity contribution in [3.8, 4) is 0 Å². The normalized spacial score (nSPS) is 13.2. The molecule has 0 rings (SSSR count). The molecule has 0 aromatic carbocycles. The summed E-state index contributed by atoms with van der Waals surface area (Å²) in [6.07, 6.45) is 5.69. The van der Waals surface area contributed by atoms with Crippen LogP contribution in [-0.4, -0.2) is 41.4 Å². The standard InChI is InChI=1S/C17H30N2O4S/c1-4-14(21)10-13(17(23)19-12(2)20)8-6-5-7-9-16(22)15(18)11-24-3/h13,15H,4-11,18H2,1-3H3,(H,19,20,23). The summed E-state index contributed by atoms with van der Waals surface area (Å²) >= 11 is 1.55. The minimum atomic E-state index is -0.476. The Kier molecular flexibility index (Phi) is 12.5. The molecule has 0 heterocycles. The fourth-order valence-electron chi connectivity index (χ4n) is 2.35. The number of nitrogens with one attached hydrogen (secondary N) is 1. The number of ketones is 2. The lowest BCUT2D eigenvalue weighted by Gasteiger charge is -2.15. The van der Waals surface area contributed by atoms with Crippen LogP contribution in [-0.2, 0) is 19.2 Å². The molecule has 0 spiro atoms. The molecule has 138 valence electrons. The molecule has 0 aliphatic carbocycles. The van der Waals surface area contributed by atoms with Crippen molar-refractivity contribution in [2.24, 2.45) is 11.7 Å². The summed E-state index contributed by atoms with van der Waals surface area (Å²) in [5.74, 6) is -0.570. The fourth-order valence-corrected chi connectivity index (χ4v) is 2.89. The number of imide groups is 1. The second-order valence-electron chi connectivity index (χ2n) is 5.97. The number of carbonyl (C=O) groups excluding carboxylic acids is 4. The molecule has 0 aromatic rings. The molecular formula is C17H30N2O4S. The van der Waals surface area contributed by atoms with Crippen molar-refractivity contribution >= 4 is 35.1 Å². The van der Waals surface area contributed by atoms with E-state index in [-0.39, 0.29) is 23.9 Å². The van der Waals surface area contributed by atoms with Crippen LogP contribution in [0.2, 0.25) is 0 Å². The third-order valence-corrected chi connectivity index (χ3v) is 4.47. The van der Waals surface area contributed by atoms with Crippen molar-refractivity contribution < 1.29 is 19.2 Å². The summed E-state index contributed by atoms with van der Waals surface area (Å²) in [6.45, 7) is 3.03. The van der Waals surface area contributed by atoms with Gasteiger partial charge >= 0.3 is 0 Å². The summed E-state index contributed by atoms with van der Waals surface area (Å²) in [5.41, 5.74) is 5.75. The predicted molar refractivity (Wildman–Crippen MR) is 96.7 cm³/mol. The highest BCUT2D eigenvalue weighted by Gasteiger charge is 2.21. The molecule has 0 fully saturated rings. The van der Waals surface area contributed by atoms with E-state index in [9.17, 15) is 19.2 Å². The van der Waals surface area contributed by atoms with E-state index in [1.165, 1.54) is 6.92 Å². The fraction of sp³-hybridized carbons (Fsp3) is 0.765. The summed E-state index contributed by atoms with van der Waals surface area (Å²) < 4.78 is 0. The molecule has 0 aromatic heterocycles. The maximum absolute atomic E-state index is 12.0. The third-order valence-electron chi connectivity index (χ3n) is 3.77. The second-order valence-corrected chi connectivity index (χ2v) is 6.88. The molecule has 0 radical (unpaired) electrons. The summed E-state index contributed by atoms with van der Waals surface area (Å²) in [6, 6.07) is -0.406. The van der Waals surface area contributed by atoms with Crippen LogP contribution in [0.4, 0.5) is 0 Å². The first kappa shape index (κ1) is 22.8. The molecule has 7 heteroatoms. The van der Waals surface area contributed by atoms with E-state index in [0.717, 1.165) is 19.3 Å². The van der Waals surface area contributed by atoms with Gasteiger partial charge in [0.15, 0.2) is 0 Å². The number of nitrogens with two attached hydrogens (primary N) is 1. The summed E-state index contributed by atoms with van der Waals surface area (Å²) in [7, 11) is 0. The van der Waals surface area contributed by atoms with Gasteiger partial charge in [0.25, 0.3) is 0 Å². The molecule has 3 N–H and O–H groups in total. The van der Waals surface area contributed by atoms with Gasteiger partial charge in [-0.05, 0) is 19.1 Å². The number of amides is 2. The Morgan fingerprint density at radius 3 is 2.33 bits per heavy atom. The largest absolute Gasteiger partial charge is 0.321 e. The monoisotopic (exact) mass is 358 g/mol. The molecule has 0 saturated heterocycles. The van der Waals surface area contributed by atoms with Crippen molar-refractivity contribution in [2.75, 3.05) is 12.0 Å². The average Bonchev–Trinajstić information content (AvgIpc) is 2.52. The lowest BCUT2D eigenvalue weighted by Crippen LogP contribution is -2.35. The molecule has 0 aliphatic rings. The highest BCUT2D eigenvalue weighted by molar-refractivity contribution is 7.98. The molecule has 0 bridgehead atoms. The van der Waals surface area contributed by atoms with Gasteiger partial charge in [0.2, 0.25) is 11.8 Å². The van der Waals surface area contributed by atoms with E-state index >= 15 is 0 Å². The Morgan fingerprint density at radius 2 is 1.79 bits per heavy atom. The number of rotatable bonds is 13. The van der Waals surface area contributed by atoms with Gasteiger partial charge in [-0.15, -0.1) is 0 Å². The van der Waals surface area contributed by atoms with Gasteiger partial charge in [-0.2, -0.15) is 11.8 Å². The van der Waals surface area contributed by atoms with Crippen LogP contribution < -0.4 is 11.1 Å². The molecule has 2 unspecified atom stereocenters. The SMILES string of the molecule is CCC(=O)CC(CCCCCC(=O)C(N)CSC)C(=O)NC(C)=O. The van der Waals surface area contributed by atoms with Crippen LogP contribution in [0.3, 0.4) is 0 Å².